The molecule has 0 unspecified atom stereocenters. The highest BCUT2D eigenvalue weighted by molar-refractivity contribution is 5.01. The largest absolute Gasteiger partial charge is 0.394 e. The Bertz CT molecular complexity index is 128. The van der Waals surface area contributed by atoms with Crippen LogP contribution in [0, 0.1) is 6.10 Å². The molecule has 0 aromatic rings. The standard InChI is InChI=1S/C6H11O5/c7-1-3(8)6-5(10)4(9)2-11-6/h3-4,6-10H,1-2H2/t3-,4-,6+/m0/s1. The molecule has 0 bridgehead atoms. The van der Waals surface area contributed by atoms with E-state index in [2.05, 4.69) is 0 Å². The Morgan fingerprint density at radius 2 is 2.27 bits per heavy atom. The Morgan fingerprint density at radius 3 is 2.64 bits per heavy atom. The van der Waals surface area contributed by atoms with Gasteiger partial charge in [-0.25, -0.2) is 0 Å². The number of aliphatic hydroxyl groups is 4. The average Bonchev–Trinajstić information content (AvgIpc) is 2.32. The number of aliphatic hydroxyl groups excluding tert-OH is 4. The summed E-state index contributed by atoms with van der Waals surface area (Å²) in [6.45, 7) is -0.533. The molecule has 0 amide bonds. The van der Waals surface area contributed by atoms with E-state index in [-0.39, 0.29) is 12.7 Å². The van der Waals surface area contributed by atoms with E-state index in [1.54, 1.807) is 0 Å². The molecule has 1 aliphatic rings. The molecule has 3 atom stereocenters. The summed E-state index contributed by atoms with van der Waals surface area (Å²) in [4.78, 5) is 0. The second-order valence-corrected chi connectivity index (χ2v) is 2.44. The number of hydrogen-bond acceptors (Lipinski definition) is 5. The van der Waals surface area contributed by atoms with Crippen LogP contribution in [-0.2, 0) is 4.74 Å². The zero-order chi connectivity index (χ0) is 8.43. The van der Waals surface area contributed by atoms with Crippen LogP contribution in [0.5, 0.6) is 0 Å². The predicted molar refractivity (Wildman–Crippen MR) is 34.0 cm³/mol. The molecule has 11 heavy (non-hydrogen) atoms. The molecule has 1 radical (unpaired) electrons. The molecular weight excluding hydrogens is 152 g/mol. The topological polar surface area (TPSA) is 90.2 Å². The van der Waals surface area contributed by atoms with Crippen molar-refractivity contribution in [3.05, 3.63) is 6.10 Å². The summed E-state index contributed by atoms with van der Waals surface area (Å²) in [5.74, 6) is 0. The van der Waals surface area contributed by atoms with Gasteiger partial charge in [0.1, 0.15) is 18.3 Å². The normalized spacial score (nSPS) is 36.0. The first-order valence-electron chi connectivity index (χ1n) is 3.31. The first-order valence-corrected chi connectivity index (χ1v) is 3.31. The Balaban J connectivity index is 2.47. The van der Waals surface area contributed by atoms with Crippen molar-refractivity contribution in [2.45, 2.75) is 18.3 Å². The Hall–Kier alpha value is -0.200. The highest BCUT2D eigenvalue weighted by atomic mass is 16.5. The first kappa shape index (κ1) is 8.89. The second-order valence-electron chi connectivity index (χ2n) is 2.44. The van der Waals surface area contributed by atoms with Crippen molar-refractivity contribution in [1.82, 2.24) is 0 Å². The fourth-order valence-electron chi connectivity index (χ4n) is 0.959. The summed E-state index contributed by atoms with van der Waals surface area (Å²) in [7, 11) is 0. The van der Waals surface area contributed by atoms with Gasteiger partial charge in [0, 0.05) is 0 Å². The zero-order valence-electron chi connectivity index (χ0n) is 5.84. The molecule has 1 rings (SSSR count). The molecule has 0 aliphatic carbocycles. The van der Waals surface area contributed by atoms with Crippen LogP contribution in [0.1, 0.15) is 0 Å². The lowest BCUT2D eigenvalue weighted by molar-refractivity contribution is -0.0395. The lowest BCUT2D eigenvalue weighted by Crippen LogP contribution is -2.34. The third-order valence-electron chi connectivity index (χ3n) is 1.60. The van der Waals surface area contributed by atoms with Crippen LogP contribution in [0.15, 0.2) is 0 Å². The summed E-state index contributed by atoms with van der Waals surface area (Å²) in [5, 5.41) is 35.4. The number of rotatable bonds is 2. The van der Waals surface area contributed by atoms with Gasteiger partial charge in [-0.3, -0.25) is 0 Å². The smallest absolute Gasteiger partial charge is 0.155 e. The Kier molecular flexibility index (Phi) is 2.80. The van der Waals surface area contributed by atoms with Crippen molar-refractivity contribution in [3.63, 3.8) is 0 Å². The van der Waals surface area contributed by atoms with Crippen molar-refractivity contribution in [2.24, 2.45) is 0 Å². The van der Waals surface area contributed by atoms with Gasteiger partial charge < -0.3 is 25.2 Å². The lowest BCUT2D eigenvalue weighted by atomic mass is 10.1. The maximum Gasteiger partial charge on any atom is 0.155 e. The van der Waals surface area contributed by atoms with Crippen LogP contribution < -0.4 is 0 Å². The minimum atomic E-state index is -1.16. The van der Waals surface area contributed by atoms with Gasteiger partial charge >= 0.3 is 0 Å². The molecule has 0 aromatic carbocycles. The number of ether oxygens (including phenoxy) is 1. The molecule has 4 N–H and O–H groups in total. The van der Waals surface area contributed by atoms with Gasteiger partial charge in [-0.05, 0) is 0 Å². The van der Waals surface area contributed by atoms with Crippen molar-refractivity contribution < 1.29 is 25.2 Å². The molecule has 1 heterocycles. The summed E-state index contributed by atoms with van der Waals surface area (Å²) in [6.07, 6.45) is -3.46. The van der Waals surface area contributed by atoms with Crippen LogP contribution >= 0.6 is 0 Å². The van der Waals surface area contributed by atoms with E-state index in [4.69, 9.17) is 25.2 Å². The molecule has 1 saturated heterocycles. The first-order chi connectivity index (χ1) is 5.16. The monoisotopic (exact) mass is 163 g/mol. The molecule has 0 aromatic heterocycles. The van der Waals surface area contributed by atoms with Gasteiger partial charge in [-0.15, -0.1) is 0 Å². The van der Waals surface area contributed by atoms with Crippen molar-refractivity contribution in [3.8, 4) is 0 Å². The average molecular weight is 163 g/mol. The Labute approximate surface area is 63.8 Å². The molecule has 5 nitrogen and oxygen atoms in total. The summed E-state index contributed by atoms with van der Waals surface area (Å²) in [5.41, 5.74) is 0. The zero-order valence-corrected chi connectivity index (χ0v) is 5.84. The molecule has 1 aliphatic heterocycles. The maximum absolute atomic E-state index is 9.03. The molecule has 0 spiro atoms. The van der Waals surface area contributed by atoms with E-state index in [9.17, 15) is 0 Å². The van der Waals surface area contributed by atoms with Gasteiger partial charge in [-0.2, -0.15) is 0 Å². The van der Waals surface area contributed by atoms with E-state index in [0.29, 0.717) is 0 Å². The molecule has 5 heteroatoms. The SMILES string of the molecule is OC[C@H](O)[C@H]1OC[C@H](O)[C]1O. The molecule has 65 valence electrons. The minimum Gasteiger partial charge on any atom is -0.394 e. The summed E-state index contributed by atoms with van der Waals surface area (Å²) in [6, 6.07) is 0. The molecule has 0 saturated carbocycles. The van der Waals surface area contributed by atoms with Crippen LogP contribution in [0.4, 0.5) is 0 Å². The quantitative estimate of drug-likeness (QED) is 0.378. The van der Waals surface area contributed by atoms with E-state index in [0.717, 1.165) is 0 Å². The van der Waals surface area contributed by atoms with Crippen LogP contribution in [0.2, 0.25) is 0 Å². The van der Waals surface area contributed by atoms with Gasteiger partial charge in [0.25, 0.3) is 0 Å². The molecule has 1 fully saturated rings. The van der Waals surface area contributed by atoms with Gasteiger partial charge in [-0.1, -0.05) is 0 Å². The van der Waals surface area contributed by atoms with Crippen molar-refractivity contribution >= 4 is 0 Å². The predicted octanol–water partition coefficient (Wildman–Crippen LogP) is -2.00. The van der Waals surface area contributed by atoms with Gasteiger partial charge in [0.15, 0.2) is 6.10 Å². The summed E-state index contributed by atoms with van der Waals surface area (Å²) >= 11 is 0. The highest BCUT2D eigenvalue weighted by Crippen LogP contribution is 2.23. The van der Waals surface area contributed by atoms with Gasteiger partial charge in [0.2, 0.25) is 0 Å². The van der Waals surface area contributed by atoms with Gasteiger partial charge in [0.05, 0.1) is 13.2 Å². The Morgan fingerprint density at radius 1 is 1.64 bits per heavy atom. The van der Waals surface area contributed by atoms with E-state index < -0.39 is 24.9 Å². The third kappa shape index (κ3) is 1.69. The van der Waals surface area contributed by atoms with E-state index in [1.807, 2.05) is 0 Å². The fourth-order valence-corrected chi connectivity index (χ4v) is 0.959. The van der Waals surface area contributed by atoms with Crippen LogP contribution in [0.3, 0.4) is 0 Å². The summed E-state index contributed by atoms with van der Waals surface area (Å²) < 4.78 is 4.78. The minimum absolute atomic E-state index is 0.0342. The van der Waals surface area contributed by atoms with E-state index >= 15 is 0 Å². The van der Waals surface area contributed by atoms with Crippen LogP contribution in [0.25, 0.3) is 0 Å². The number of hydrogen-bond donors (Lipinski definition) is 4. The molecular formula is C6H11O5. The van der Waals surface area contributed by atoms with Crippen molar-refractivity contribution in [2.75, 3.05) is 13.2 Å². The van der Waals surface area contributed by atoms with Crippen LogP contribution in [-0.4, -0.2) is 52.0 Å². The van der Waals surface area contributed by atoms with Crippen molar-refractivity contribution in [1.29, 1.82) is 0 Å². The lowest BCUT2D eigenvalue weighted by Gasteiger charge is -2.17. The third-order valence-corrected chi connectivity index (χ3v) is 1.60. The maximum atomic E-state index is 9.03. The van der Waals surface area contributed by atoms with E-state index in [1.165, 1.54) is 0 Å². The second kappa shape index (κ2) is 3.46. The fraction of sp³-hybridized carbons (Fsp3) is 0.833. The highest BCUT2D eigenvalue weighted by Gasteiger charge is 2.39.